The minimum absolute atomic E-state index is 0.0218. The van der Waals surface area contributed by atoms with Gasteiger partial charge in [-0.15, -0.1) is 0 Å². The molecule has 1 aliphatic rings. The molecule has 0 spiro atoms. The summed E-state index contributed by atoms with van der Waals surface area (Å²) in [5, 5.41) is 14.1. The lowest BCUT2D eigenvalue weighted by molar-refractivity contribution is -0.383. The first-order chi connectivity index (χ1) is 18.0. The van der Waals surface area contributed by atoms with Gasteiger partial charge in [-0.2, -0.15) is 4.98 Å². The normalized spacial score (nSPS) is 14.6. The summed E-state index contributed by atoms with van der Waals surface area (Å²) in [6.07, 6.45) is -2.73. The lowest BCUT2D eigenvalue weighted by atomic mass is 10.1. The number of nitro benzene ring substituents is 1. The lowest BCUT2D eigenvalue weighted by Crippen LogP contribution is -2.45. The van der Waals surface area contributed by atoms with Crippen molar-refractivity contribution < 1.29 is 32.1 Å². The molecule has 0 aliphatic carbocycles. The van der Waals surface area contributed by atoms with Gasteiger partial charge < -0.3 is 14.8 Å². The molecular formula is C23H21F2N5O5. The van der Waals surface area contributed by atoms with Crippen LogP contribution in [0, 0.1) is 10.1 Å². The Balaban J connectivity index is 1.77. The van der Waals surface area contributed by atoms with Gasteiger partial charge in [-0.05, 0) is 42.5 Å². The summed E-state index contributed by atoms with van der Waals surface area (Å²) in [4.78, 5) is 31.4. The topological polar surface area (TPSA) is 110 Å². The molecule has 0 unspecified atom stereocenters. The number of fused-ring (bicyclic) bond motifs is 1. The number of hydrogen-bond acceptors (Lipinski definition) is 7. The number of pyridine rings is 1. The van der Waals surface area contributed by atoms with E-state index in [1.165, 1.54) is 65.4 Å². The van der Waals surface area contributed by atoms with E-state index in [1.54, 1.807) is 6.07 Å². The van der Waals surface area contributed by atoms with Crippen LogP contribution in [-0.4, -0.2) is 43.1 Å². The maximum atomic E-state index is 13.8. The van der Waals surface area contributed by atoms with E-state index in [0.29, 0.717) is 11.3 Å². The molecule has 0 radical (unpaired) electrons. The number of alkyl halides is 2. The number of urea groups is 1. The van der Waals surface area contributed by atoms with Crippen LogP contribution in [0.3, 0.4) is 0 Å². The zero-order valence-electron chi connectivity index (χ0n) is 21.3. The van der Waals surface area contributed by atoms with Gasteiger partial charge in [-0.1, -0.05) is 0 Å². The number of methoxy groups -OCH3 is 1. The highest BCUT2D eigenvalue weighted by Crippen LogP contribution is 2.39. The molecule has 2 heterocycles. The maximum Gasteiger partial charge on any atom is 0.335 e. The van der Waals surface area contributed by atoms with E-state index in [9.17, 15) is 23.7 Å². The Morgan fingerprint density at radius 2 is 1.94 bits per heavy atom. The number of nitro groups is 1. The third-order valence-electron chi connectivity index (χ3n) is 5.22. The van der Waals surface area contributed by atoms with Crippen LogP contribution in [0.15, 0.2) is 54.6 Å². The van der Waals surface area contributed by atoms with Crippen LogP contribution < -0.4 is 24.6 Å². The number of nitrogens with one attached hydrogen (secondary N) is 1. The van der Waals surface area contributed by atoms with Gasteiger partial charge in [0.1, 0.15) is 17.3 Å². The van der Waals surface area contributed by atoms with Gasteiger partial charge in [0.25, 0.3) is 12.1 Å². The molecular weight excluding hydrogens is 464 g/mol. The van der Waals surface area contributed by atoms with Crippen LogP contribution in [-0.2, 0) is 6.54 Å². The largest absolute Gasteiger partial charge is 0.497 e. The third kappa shape index (κ3) is 4.76. The number of ether oxygens (including phenoxy) is 2. The summed E-state index contributed by atoms with van der Waals surface area (Å²) >= 11 is 0. The zero-order valence-corrected chi connectivity index (χ0v) is 18.3. The third-order valence-corrected chi connectivity index (χ3v) is 5.22. The van der Waals surface area contributed by atoms with Crippen LogP contribution in [0.1, 0.15) is 9.68 Å². The lowest BCUT2D eigenvalue weighted by Gasteiger charge is -2.36. The molecule has 182 valence electrons. The fourth-order valence-electron chi connectivity index (χ4n) is 3.60. The van der Waals surface area contributed by atoms with E-state index in [2.05, 4.69) is 10.3 Å². The van der Waals surface area contributed by atoms with Gasteiger partial charge in [-0.3, -0.25) is 15.0 Å². The Labute approximate surface area is 203 Å². The summed E-state index contributed by atoms with van der Waals surface area (Å²) in [5.74, 6) is 0.0370. The van der Waals surface area contributed by atoms with E-state index in [4.69, 9.17) is 13.6 Å². The van der Waals surface area contributed by atoms with Gasteiger partial charge in [0.15, 0.2) is 6.61 Å². The molecule has 4 rings (SSSR count). The fraction of sp³-hybridized carbons (Fsp3) is 0.217. The SMILES string of the molecule is [2H]C([2H])([2H])Oc1ccc(N2C(=O)N(c3ccc([N+](=O)[O-])c(NC)c3)Cc3ccc(OCC(F)F)nc32)cc1. The molecule has 0 saturated carbocycles. The zero-order chi connectivity index (χ0) is 27.6. The van der Waals surface area contributed by atoms with E-state index < -0.39 is 31.0 Å². The van der Waals surface area contributed by atoms with Crippen molar-refractivity contribution in [1.29, 1.82) is 0 Å². The molecule has 2 aromatic carbocycles. The molecule has 1 N–H and O–H groups in total. The summed E-state index contributed by atoms with van der Waals surface area (Å²) in [6.45, 7) is -0.864. The van der Waals surface area contributed by atoms with Crippen molar-refractivity contribution in [2.45, 2.75) is 13.0 Å². The Bertz CT molecular complexity index is 1360. The molecule has 1 aromatic heterocycles. The van der Waals surface area contributed by atoms with Crippen molar-refractivity contribution in [2.75, 3.05) is 35.8 Å². The monoisotopic (exact) mass is 488 g/mol. The highest BCUT2D eigenvalue weighted by atomic mass is 19.3. The molecule has 35 heavy (non-hydrogen) atoms. The first-order valence-corrected chi connectivity index (χ1v) is 10.2. The van der Waals surface area contributed by atoms with Crippen molar-refractivity contribution in [3.63, 3.8) is 0 Å². The smallest absolute Gasteiger partial charge is 0.335 e. The Kier molecular flexibility index (Phi) is 5.58. The second-order valence-electron chi connectivity index (χ2n) is 7.34. The van der Waals surface area contributed by atoms with Crippen LogP contribution in [0.25, 0.3) is 0 Å². The minimum atomic E-state index is -2.73. The van der Waals surface area contributed by atoms with Crippen LogP contribution >= 0.6 is 0 Å². The standard InChI is InChI=1S/C23H21F2N5O5/c1-26-18-11-16(6-9-19(18)30(32)33)28-12-14-3-10-21(35-13-20(24)25)27-22(14)29(23(28)31)15-4-7-17(34-2)8-5-15/h3-11,20,26H,12-13H2,1-2H3/i2D3. The van der Waals surface area contributed by atoms with Crippen molar-refractivity contribution >= 4 is 34.6 Å². The molecule has 0 saturated heterocycles. The summed E-state index contributed by atoms with van der Waals surface area (Å²) in [7, 11) is -1.16. The second-order valence-corrected chi connectivity index (χ2v) is 7.34. The van der Waals surface area contributed by atoms with Crippen molar-refractivity contribution in [3.05, 3.63) is 70.3 Å². The number of rotatable bonds is 8. The molecule has 0 bridgehead atoms. The van der Waals surface area contributed by atoms with Gasteiger partial charge in [0.2, 0.25) is 5.88 Å². The van der Waals surface area contributed by atoms with E-state index in [1.807, 2.05) is 0 Å². The Hall–Kier alpha value is -4.48. The number of amides is 2. The molecule has 3 aromatic rings. The Morgan fingerprint density at radius 3 is 2.60 bits per heavy atom. The summed E-state index contributed by atoms with van der Waals surface area (Å²) in [5.41, 5.74) is 1.17. The van der Waals surface area contributed by atoms with Crippen molar-refractivity contribution in [3.8, 4) is 11.6 Å². The molecule has 1 aliphatic heterocycles. The molecule has 0 atom stereocenters. The first kappa shape index (κ1) is 19.9. The highest BCUT2D eigenvalue weighted by molar-refractivity contribution is 6.10. The number of halogens is 2. The minimum Gasteiger partial charge on any atom is -0.497 e. The van der Waals surface area contributed by atoms with Crippen LogP contribution in [0.4, 0.5) is 42.1 Å². The van der Waals surface area contributed by atoms with Crippen molar-refractivity contribution in [2.24, 2.45) is 0 Å². The van der Waals surface area contributed by atoms with Crippen LogP contribution in [0.2, 0.25) is 0 Å². The average Bonchev–Trinajstić information content (AvgIpc) is 2.86. The van der Waals surface area contributed by atoms with Crippen molar-refractivity contribution in [1.82, 2.24) is 4.98 Å². The Morgan fingerprint density at radius 1 is 1.20 bits per heavy atom. The molecule has 10 nitrogen and oxygen atoms in total. The predicted octanol–water partition coefficient (Wildman–Crippen LogP) is 4.96. The first-order valence-electron chi connectivity index (χ1n) is 11.7. The summed E-state index contributed by atoms with van der Waals surface area (Å²) < 4.78 is 57.0. The summed E-state index contributed by atoms with van der Waals surface area (Å²) in [6, 6.07) is 12.1. The van der Waals surface area contributed by atoms with Gasteiger partial charge in [0, 0.05) is 30.4 Å². The average molecular weight is 488 g/mol. The molecule has 2 amide bonds. The molecule has 0 fully saturated rings. The number of anilines is 4. The predicted molar refractivity (Wildman–Crippen MR) is 125 cm³/mol. The van der Waals surface area contributed by atoms with Crippen LogP contribution in [0.5, 0.6) is 11.6 Å². The highest BCUT2D eigenvalue weighted by Gasteiger charge is 2.35. The number of hydrogen-bond donors (Lipinski definition) is 1. The number of carbonyl (C=O) groups is 1. The van der Waals surface area contributed by atoms with E-state index in [0.717, 1.165) is 0 Å². The fourth-order valence-corrected chi connectivity index (χ4v) is 3.60. The van der Waals surface area contributed by atoms with Gasteiger partial charge in [-0.25, -0.2) is 18.5 Å². The molecule has 12 heteroatoms. The van der Waals surface area contributed by atoms with E-state index >= 15 is 0 Å². The number of aromatic nitrogens is 1. The number of nitrogens with zero attached hydrogens (tertiary/aromatic N) is 4. The van der Waals surface area contributed by atoms with Gasteiger partial charge >= 0.3 is 6.03 Å². The van der Waals surface area contributed by atoms with E-state index in [-0.39, 0.29) is 41.1 Å². The quantitative estimate of drug-likeness (QED) is 0.352. The number of benzene rings is 2. The number of carbonyl (C=O) groups excluding carboxylic acids is 1. The maximum absolute atomic E-state index is 13.8. The van der Waals surface area contributed by atoms with Gasteiger partial charge in [0.05, 0.1) is 28.3 Å². The second kappa shape index (κ2) is 9.79.